The number of nitrogens with zero attached hydrogens (tertiary/aromatic N) is 4. The number of aromatic nitrogens is 3. The lowest BCUT2D eigenvalue weighted by Crippen LogP contribution is -2.07. The van der Waals surface area contributed by atoms with E-state index in [1.807, 2.05) is 24.3 Å². The number of nitro groups is 1. The molecule has 0 radical (unpaired) electrons. The molecule has 3 aromatic heterocycles. The van der Waals surface area contributed by atoms with Crippen LogP contribution in [0.25, 0.3) is 10.2 Å². The molecule has 0 fully saturated rings. The number of fused-ring (bicyclic) bond motifs is 1. The fraction of sp³-hybridized carbons (Fsp3) is 0.0625. The molecule has 0 bridgehead atoms. The van der Waals surface area contributed by atoms with E-state index in [2.05, 4.69) is 25.6 Å². The molecule has 3 heterocycles. The van der Waals surface area contributed by atoms with Gasteiger partial charge in [-0.1, -0.05) is 23.5 Å². The lowest BCUT2D eigenvalue weighted by Gasteiger charge is -2.07. The molecule has 4 aromatic rings. The second-order valence-electron chi connectivity index (χ2n) is 5.22. The van der Waals surface area contributed by atoms with Crippen molar-refractivity contribution in [1.29, 1.82) is 0 Å². The maximum Gasteiger partial charge on any atom is 0.353 e. The van der Waals surface area contributed by atoms with Crippen LogP contribution in [0.2, 0.25) is 0 Å². The fourth-order valence-corrected chi connectivity index (χ4v) is 3.25. The first-order valence-electron chi connectivity index (χ1n) is 7.59. The average Bonchev–Trinajstić information content (AvgIpc) is 3.28. The molecular weight excluding hydrogens is 356 g/mol. The third kappa shape index (κ3) is 3.17. The first kappa shape index (κ1) is 16.0. The van der Waals surface area contributed by atoms with E-state index < -0.39 is 4.92 Å². The second kappa shape index (κ2) is 6.76. The van der Waals surface area contributed by atoms with Crippen LogP contribution in [0.4, 0.5) is 22.5 Å². The summed E-state index contributed by atoms with van der Waals surface area (Å²) in [6.07, 6.45) is 2.79. The molecule has 10 heteroatoms. The SMILES string of the molecule is O=[N+]([O-])c1c(NCc2ccco2)ncnc1Nc1nc2ccccc2s1. The summed E-state index contributed by atoms with van der Waals surface area (Å²) >= 11 is 1.39. The molecular formula is C16H12N6O3S. The zero-order chi connectivity index (χ0) is 17.9. The van der Waals surface area contributed by atoms with Crippen molar-refractivity contribution in [2.75, 3.05) is 10.6 Å². The van der Waals surface area contributed by atoms with Gasteiger partial charge in [0.25, 0.3) is 0 Å². The molecule has 130 valence electrons. The van der Waals surface area contributed by atoms with Gasteiger partial charge in [0.05, 0.1) is 27.9 Å². The maximum atomic E-state index is 11.6. The number of hydrogen-bond acceptors (Lipinski definition) is 9. The van der Waals surface area contributed by atoms with Gasteiger partial charge in [-0.25, -0.2) is 15.0 Å². The van der Waals surface area contributed by atoms with Gasteiger partial charge >= 0.3 is 5.69 Å². The van der Waals surface area contributed by atoms with Gasteiger partial charge in [-0.15, -0.1) is 0 Å². The molecule has 2 N–H and O–H groups in total. The highest BCUT2D eigenvalue weighted by molar-refractivity contribution is 7.22. The van der Waals surface area contributed by atoms with Gasteiger partial charge in [-0.2, -0.15) is 0 Å². The maximum absolute atomic E-state index is 11.6. The van der Waals surface area contributed by atoms with Gasteiger partial charge in [0.1, 0.15) is 12.1 Å². The highest BCUT2D eigenvalue weighted by Crippen LogP contribution is 2.34. The number of furan rings is 1. The third-order valence-electron chi connectivity index (χ3n) is 3.53. The Morgan fingerprint density at radius 2 is 2.00 bits per heavy atom. The van der Waals surface area contributed by atoms with Crippen LogP contribution in [0.3, 0.4) is 0 Å². The molecule has 0 aliphatic heterocycles. The van der Waals surface area contributed by atoms with Crippen molar-refractivity contribution in [3.63, 3.8) is 0 Å². The number of nitrogens with one attached hydrogen (secondary N) is 2. The van der Waals surface area contributed by atoms with E-state index in [-0.39, 0.29) is 23.9 Å². The van der Waals surface area contributed by atoms with Gasteiger partial charge in [0.2, 0.25) is 11.6 Å². The molecule has 0 unspecified atom stereocenters. The molecule has 26 heavy (non-hydrogen) atoms. The van der Waals surface area contributed by atoms with Crippen molar-refractivity contribution in [3.8, 4) is 0 Å². The molecule has 0 aliphatic carbocycles. The summed E-state index contributed by atoms with van der Waals surface area (Å²) in [7, 11) is 0. The number of thiazole rings is 1. The van der Waals surface area contributed by atoms with Gasteiger partial charge in [-0.05, 0) is 24.3 Å². The van der Waals surface area contributed by atoms with Crippen LogP contribution in [-0.4, -0.2) is 19.9 Å². The first-order chi connectivity index (χ1) is 12.7. The molecule has 9 nitrogen and oxygen atoms in total. The molecule has 0 aliphatic rings. The summed E-state index contributed by atoms with van der Waals surface area (Å²) in [6.45, 7) is 0.269. The smallest absolute Gasteiger partial charge is 0.353 e. The summed E-state index contributed by atoms with van der Waals surface area (Å²) in [5.74, 6) is 0.814. The lowest BCUT2D eigenvalue weighted by molar-refractivity contribution is -0.383. The predicted octanol–water partition coefficient (Wildman–Crippen LogP) is 3.94. The van der Waals surface area contributed by atoms with Crippen LogP contribution >= 0.6 is 11.3 Å². The number of para-hydroxylation sites is 1. The van der Waals surface area contributed by atoms with Crippen molar-refractivity contribution in [1.82, 2.24) is 15.0 Å². The van der Waals surface area contributed by atoms with Crippen LogP contribution in [0.1, 0.15) is 5.76 Å². The average molecular weight is 368 g/mol. The monoisotopic (exact) mass is 368 g/mol. The minimum Gasteiger partial charge on any atom is -0.467 e. The van der Waals surface area contributed by atoms with E-state index in [1.165, 1.54) is 23.9 Å². The summed E-state index contributed by atoms with van der Waals surface area (Å²) < 4.78 is 6.19. The lowest BCUT2D eigenvalue weighted by atomic mass is 10.3. The van der Waals surface area contributed by atoms with Gasteiger partial charge in [0.15, 0.2) is 5.13 Å². The Hall–Kier alpha value is -3.53. The van der Waals surface area contributed by atoms with Crippen molar-refractivity contribution in [2.45, 2.75) is 6.54 Å². The predicted molar refractivity (Wildman–Crippen MR) is 97.6 cm³/mol. The number of benzene rings is 1. The zero-order valence-corrected chi connectivity index (χ0v) is 14.1. The van der Waals surface area contributed by atoms with Crippen molar-refractivity contribution in [3.05, 3.63) is 64.9 Å². The van der Waals surface area contributed by atoms with E-state index in [0.717, 1.165) is 10.2 Å². The Morgan fingerprint density at radius 1 is 1.15 bits per heavy atom. The van der Waals surface area contributed by atoms with Gasteiger partial charge in [-0.3, -0.25) is 10.1 Å². The minimum atomic E-state index is -0.528. The molecule has 1 aromatic carbocycles. The molecule has 0 saturated heterocycles. The Kier molecular flexibility index (Phi) is 4.15. The van der Waals surface area contributed by atoms with Crippen LogP contribution in [0, 0.1) is 10.1 Å². The third-order valence-corrected chi connectivity index (χ3v) is 4.49. The summed E-state index contributed by atoms with van der Waals surface area (Å²) in [4.78, 5) is 23.4. The quantitative estimate of drug-likeness (QED) is 0.388. The van der Waals surface area contributed by atoms with Gasteiger partial charge < -0.3 is 15.1 Å². The number of rotatable bonds is 6. The van der Waals surface area contributed by atoms with Crippen LogP contribution in [0.5, 0.6) is 0 Å². The van der Waals surface area contributed by atoms with E-state index >= 15 is 0 Å². The van der Waals surface area contributed by atoms with E-state index in [9.17, 15) is 10.1 Å². The zero-order valence-electron chi connectivity index (χ0n) is 13.2. The largest absolute Gasteiger partial charge is 0.467 e. The van der Waals surface area contributed by atoms with Crippen molar-refractivity contribution >= 4 is 44.0 Å². The highest BCUT2D eigenvalue weighted by atomic mass is 32.1. The van der Waals surface area contributed by atoms with Gasteiger partial charge in [0, 0.05) is 0 Å². The minimum absolute atomic E-state index is 0.0750. The standard InChI is InChI=1S/C16H12N6O3S/c23-22(24)13-14(17-8-10-4-3-7-25-10)18-9-19-15(13)21-16-20-11-5-1-2-6-12(11)26-16/h1-7,9H,8H2,(H2,17,18,19,20,21). The highest BCUT2D eigenvalue weighted by Gasteiger charge is 2.24. The van der Waals surface area contributed by atoms with E-state index in [0.29, 0.717) is 10.9 Å². The molecule has 0 amide bonds. The fourth-order valence-electron chi connectivity index (χ4n) is 2.38. The molecule has 0 saturated carbocycles. The van der Waals surface area contributed by atoms with Crippen molar-refractivity contribution < 1.29 is 9.34 Å². The number of hydrogen-bond donors (Lipinski definition) is 2. The Labute approximate surface area is 150 Å². The molecule has 4 rings (SSSR count). The Morgan fingerprint density at radius 3 is 2.77 bits per heavy atom. The van der Waals surface area contributed by atoms with E-state index in [4.69, 9.17) is 4.42 Å². The first-order valence-corrected chi connectivity index (χ1v) is 8.40. The summed E-state index contributed by atoms with van der Waals surface area (Å²) in [5, 5.41) is 17.9. The van der Waals surface area contributed by atoms with E-state index in [1.54, 1.807) is 12.1 Å². The Balaban J connectivity index is 1.64. The van der Waals surface area contributed by atoms with Crippen LogP contribution in [-0.2, 0) is 6.54 Å². The number of anilines is 3. The molecule has 0 spiro atoms. The molecule has 0 atom stereocenters. The summed E-state index contributed by atoms with van der Waals surface area (Å²) in [6, 6.07) is 11.1. The van der Waals surface area contributed by atoms with Crippen molar-refractivity contribution in [2.24, 2.45) is 0 Å². The Bertz CT molecular complexity index is 1030. The second-order valence-corrected chi connectivity index (χ2v) is 6.25. The van der Waals surface area contributed by atoms with Crippen LogP contribution in [0.15, 0.2) is 53.4 Å². The topological polar surface area (TPSA) is 119 Å². The summed E-state index contributed by atoms with van der Waals surface area (Å²) in [5.41, 5.74) is 0.561. The normalized spacial score (nSPS) is 10.8. The van der Waals surface area contributed by atoms with Crippen LogP contribution < -0.4 is 10.6 Å².